The Morgan fingerprint density at radius 2 is 1.64 bits per heavy atom. The molecule has 10 nitrogen and oxygen atoms in total. The minimum Gasteiger partial charge on any atom is -0.497 e. The quantitative estimate of drug-likeness (QED) is 0.167. The van der Waals surface area contributed by atoms with Gasteiger partial charge in [-0.15, -0.1) is 0 Å². The predicted molar refractivity (Wildman–Crippen MR) is 185 cm³/mol. The number of hydrogen-bond donors (Lipinski definition) is 3. The van der Waals surface area contributed by atoms with E-state index in [4.69, 9.17) is 14.5 Å². The summed E-state index contributed by atoms with van der Waals surface area (Å²) < 4.78 is 13.6. The molecule has 5 atom stereocenters. The lowest BCUT2D eigenvalue weighted by molar-refractivity contribution is -0.0693. The van der Waals surface area contributed by atoms with E-state index in [0.29, 0.717) is 18.6 Å². The maximum Gasteiger partial charge on any atom is 0.311 e. The molecule has 6 rings (SSSR count). The Morgan fingerprint density at radius 3 is 2.19 bits per heavy atom. The van der Waals surface area contributed by atoms with Crippen LogP contribution < -0.4 is 20.5 Å². The number of aromatic nitrogens is 3. The minimum atomic E-state index is -0.998. The Balaban J connectivity index is 1.55. The average molecular weight is 656 g/mol. The highest BCUT2D eigenvalue weighted by atomic mass is 32.1. The maximum atomic E-state index is 13.7. The number of anilines is 1. The summed E-state index contributed by atoms with van der Waals surface area (Å²) in [5.41, 5.74) is 1.53. The molecule has 246 valence electrons. The first-order chi connectivity index (χ1) is 22.7. The SMILES string of the molecule is CC[C@H](O)[C@@H]1C[C@@H]([C@@H](C)N(C)C)[C@H](n2c(=O)sc3c(=O)[nH]c(NC(c4ccccc4)(c4ccccc4)c4ccc(OC)cc4)nc32)O1. The van der Waals surface area contributed by atoms with Crippen LogP contribution in [0.4, 0.5) is 5.95 Å². The Morgan fingerprint density at radius 1 is 1.04 bits per heavy atom. The highest BCUT2D eigenvalue weighted by Gasteiger charge is 2.44. The normalized spacial score (nSPS) is 19.6. The van der Waals surface area contributed by atoms with Crippen LogP contribution in [-0.4, -0.2) is 64.0 Å². The van der Waals surface area contributed by atoms with Crippen molar-refractivity contribution in [2.24, 2.45) is 5.92 Å². The van der Waals surface area contributed by atoms with Gasteiger partial charge in [0.2, 0.25) is 5.95 Å². The molecule has 11 heteroatoms. The number of hydrogen-bond acceptors (Lipinski definition) is 9. The number of rotatable bonds is 11. The van der Waals surface area contributed by atoms with Gasteiger partial charge >= 0.3 is 4.87 Å². The van der Waals surface area contributed by atoms with Crippen molar-refractivity contribution in [3.63, 3.8) is 0 Å². The zero-order chi connectivity index (χ0) is 33.3. The Kier molecular flexibility index (Phi) is 9.34. The first kappa shape index (κ1) is 32.6. The van der Waals surface area contributed by atoms with Gasteiger partial charge in [0.25, 0.3) is 5.56 Å². The number of thiazole rings is 1. The number of nitrogens with zero attached hydrogens (tertiary/aromatic N) is 3. The van der Waals surface area contributed by atoms with Gasteiger partial charge in [0.15, 0.2) is 5.65 Å². The summed E-state index contributed by atoms with van der Waals surface area (Å²) in [5, 5.41) is 14.4. The summed E-state index contributed by atoms with van der Waals surface area (Å²) in [6.45, 7) is 3.99. The van der Waals surface area contributed by atoms with Crippen LogP contribution in [0.5, 0.6) is 5.75 Å². The number of benzene rings is 3. The standard InChI is InChI=1S/C36H41N5O5S/c1-6-28(42)29-21-27(22(2)40(3)4)33(46-29)41-31-30(47-35(41)44)32(43)38-34(37-31)39-36(23-13-9-7-10-14-23,24-15-11-8-12-16-24)25-17-19-26(45-5)20-18-25/h7-20,22,27-29,33,42H,6,21H2,1-5H3,(H2,37,38,39,43)/t22-,27+,28+,29+,33-/m1/s1. The minimum absolute atomic E-state index is 0.0226. The number of aliphatic hydroxyl groups excluding tert-OH is 1. The van der Waals surface area contributed by atoms with E-state index in [-0.39, 0.29) is 33.1 Å². The van der Waals surface area contributed by atoms with Crippen molar-refractivity contribution in [3.8, 4) is 5.75 Å². The highest BCUT2D eigenvalue weighted by molar-refractivity contribution is 7.16. The lowest BCUT2D eigenvalue weighted by Crippen LogP contribution is -2.39. The van der Waals surface area contributed by atoms with E-state index in [0.717, 1.165) is 28.0 Å². The molecule has 3 N–H and O–H groups in total. The van der Waals surface area contributed by atoms with Crippen LogP contribution >= 0.6 is 11.3 Å². The van der Waals surface area contributed by atoms with Crippen LogP contribution in [0.2, 0.25) is 0 Å². The second-order valence-corrected chi connectivity index (χ2v) is 13.2. The number of aliphatic hydroxyl groups is 1. The fourth-order valence-electron chi connectivity index (χ4n) is 6.63. The number of methoxy groups -OCH3 is 1. The largest absolute Gasteiger partial charge is 0.497 e. The van der Waals surface area contributed by atoms with E-state index in [1.165, 1.54) is 4.57 Å². The number of aromatic amines is 1. The summed E-state index contributed by atoms with van der Waals surface area (Å²) in [7, 11) is 5.59. The maximum absolute atomic E-state index is 13.7. The van der Waals surface area contributed by atoms with Crippen molar-refractivity contribution in [3.05, 3.63) is 122 Å². The first-order valence-corrected chi connectivity index (χ1v) is 16.7. The molecule has 0 radical (unpaired) electrons. The Bertz CT molecular complexity index is 1880. The lowest BCUT2D eigenvalue weighted by Gasteiger charge is -2.37. The third-order valence-corrected chi connectivity index (χ3v) is 10.4. The van der Waals surface area contributed by atoms with Crippen molar-refractivity contribution in [2.45, 2.75) is 56.7 Å². The number of ether oxygens (including phenoxy) is 2. The predicted octanol–water partition coefficient (Wildman–Crippen LogP) is 5.18. The molecule has 3 heterocycles. The van der Waals surface area contributed by atoms with Crippen molar-refractivity contribution in [2.75, 3.05) is 26.5 Å². The van der Waals surface area contributed by atoms with Gasteiger partial charge in [0.1, 0.15) is 22.2 Å². The zero-order valence-corrected chi connectivity index (χ0v) is 28.0. The van der Waals surface area contributed by atoms with Crippen molar-refractivity contribution >= 4 is 27.6 Å². The van der Waals surface area contributed by atoms with Crippen LogP contribution in [0.3, 0.4) is 0 Å². The third-order valence-electron chi connectivity index (χ3n) is 9.44. The zero-order valence-electron chi connectivity index (χ0n) is 27.2. The Hall–Kier alpha value is -4.29. The summed E-state index contributed by atoms with van der Waals surface area (Å²) in [5.74, 6) is 0.776. The van der Waals surface area contributed by atoms with Gasteiger partial charge in [-0.05, 0) is 62.7 Å². The van der Waals surface area contributed by atoms with Crippen molar-refractivity contribution < 1.29 is 14.6 Å². The first-order valence-electron chi connectivity index (χ1n) is 15.9. The van der Waals surface area contributed by atoms with Gasteiger partial charge in [0, 0.05) is 12.0 Å². The van der Waals surface area contributed by atoms with Gasteiger partial charge in [-0.1, -0.05) is 91.1 Å². The molecule has 0 saturated carbocycles. The van der Waals surface area contributed by atoms with Crippen LogP contribution in [-0.2, 0) is 10.3 Å². The molecule has 0 spiro atoms. The molecule has 5 aromatic rings. The van der Waals surface area contributed by atoms with Gasteiger partial charge in [-0.3, -0.25) is 19.1 Å². The smallest absolute Gasteiger partial charge is 0.311 e. The molecule has 0 aliphatic carbocycles. The van der Waals surface area contributed by atoms with Crippen LogP contribution in [0.15, 0.2) is 94.5 Å². The van der Waals surface area contributed by atoms with Crippen LogP contribution in [0.1, 0.15) is 49.6 Å². The number of nitrogens with one attached hydrogen (secondary N) is 2. The third kappa shape index (κ3) is 6.00. The molecule has 47 heavy (non-hydrogen) atoms. The molecule has 2 aromatic heterocycles. The lowest BCUT2D eigenvalue weighted by atomic mass is 9.77. The summed E-state index contributed by atoms with van der Waals surface area (Å²) in [4.78, 5) is 37.0. The molecule has 0 amide bonds. The fraction of sp³-hybridized carbons (Fsp3) is 0.361. The summed E-state index contributed by atoms with van der Waals surface area (Å²) in [6, 6.07) is 27.7. The summed E-state index contributed by atoms with van der Waals surface area (Å²) in [6.07, 6.45) is -0.736. The number of fused-ring (bicyclic) bond motifs is 1. The van der Waals surface area contributed by atoms with E-state index >= 15 is 0 Å². The monoisotopic (exact) mass is 655 g/mol. The fourth-order valence-corrected chi connectivity index (χ4v) is 7.47. The van der Waals surface area contributed by atoms with E-state index in [1.807, 2.05) is 106 Å². The molecule has 0 unspecified atom stereocenters. The molecule has 1 aliphatic heterocycles. The molecular formula is C36H41N5O5S. The van der Waals surface area contributed by atoms with Crippen LogP contribution in [0, 0.1) is 5.92 Å². The average Bonchev–Trinajstić information content (AvgIpc) is 3.68. The number of H-pyrrole nitrogens is 1. The van der Waals surface area contributed by atoms with Crippen LogP contribution in [0.25, 0.3) is 10.3 Å². The van der Waals surface area contributed by atoms with Gasteiger partial charge in [0.05, 0.1) is 19.3 Å². The van der Waals surface area contributed by atoms with Gasteiger partial charge in [-0.25, -0.2) is 0 Å². The second-order valence-electron chi connectivity index (χ2n) is 12.3. The van der Waals surface area contributed by atoms with E-state index in [1.54, 1.807) is 7.11 Å². The highest BCUT2D eigenvalue weighted by Crippen LogP contribution is 2.42. The van der Waals surface area contributed by atoms with E-state index in [2.05, 4.69) is 22.1 Å². The molecule has 3 aromatic carbocycles. The molecule has 1 aliphatic rings. The van der Waals surface area contributed by atoms with Gasteiger partial charge < -0.3 is 24.8 Å². The topological polar surface area (TPSA) is 122 Å². The molecule has 1 fully saturated rings. The van der Waals surface area contributed by atoms with E-state index < -0.39 is 29.5 Å². The van der Waals surface area contributed by atoms with E-state index in [9.17, 15) is 14.7 Å². The Labute approximate surface area is 277 Å². The van der Waals surface area contributed by atoms with Crippen molar-refractivity contribution in [1.29, 1.82) is 0 Å². The molecular weight excluding hydrogens is 614 g/mol. The van der Waals surface area contributed by atoms with Crippen molar-refractivity contribution in [1.82, 2.24) is 19.4 Å². The van der Waals surface area contributed by atoms with Gasteiger partial charge in [-0.2, -0.15) is 4.98 Å². The summed E-state index contributed by atoms with van der Waals surface area (Å²) >= 11 is 0.853. The second kappa shape index (κ2) is 13.4. The molecule has 1 saturated heterocycles. The molecule has 0 bridgehead atoms.